The lowest BCUT2D eigenvalue weighted by molar-refractivity contribution is -0.137. The number of hydrogen-bond donors (Lipinski definition) is 1. The van der Waals surface area contributed by atoms with Crippen LogP contribution in [-0.4, -0.2) is 31.6 Å². The molecule has 8 heteroatoms. The molecule has 5 saturated carbocycles. The Morgan fingerprint density at radius 2 is 1.45 bits per heavy atom. The second-order valence-corrected chi connectivity index (χ2v) is 13.8. The van der Waals surface area contributed by atoms with Gasteiger partial charge < -0.3 is 5.32 Å². The Bertz CT molecular complexity index is 771. The maximum absolute atomic E-state index is 13.3. The van der Waals surface area contributed by atoms with Gasteiger partial charge in [0.1, 0.15) is 0 Å². The van der Waals surface area contributed by atoms with E-state index in [9.17, 15) is 26.4 Å². The molecule has 5 aliphatic rings. The largest absolute Gasteiger partial charge is 0.497 e. The molecule has 0 atom stereocenters. The number of nitrogens with one attached hydrogen (secondary N) is 1. The van der Waals surface area contributed by atoms with Crippen molar-refractivity contribution in [3.63, 3.8) is 0 Å². The van der Waals surface area contributed by atoms with E-state index in [0.29, 0.717) is 37.1 Å². The van der Waals surface area contributed by atoms with Crippen LogP contribution in [0.25, 0.3) is 0 Å². The Labute approximate surface area is 184 Å². The smallest absolute Gasteiger partial charge is 0.352 e. The van der Waals surface area contributed by atoms with Crippen molar-refractivity contribution in [1.82, 2.24) is 5.32 Å². The second kappa shape index (κ2) is 7.91. The molecular weight excluding hydrogens is 427 g/mol. The number of carbonyl (C=O) groups is 1. The summed E-state index contributed by atoms with van der Waals surface area (Å²) < 4.78 is 60.3. The molecule has 1 N–H and O–H groups in total. The topological polar surface area (TPSA) is 63.2 Å². The van der Waals surface area contributed by atoms with Gasteiger partial charge in [-0.2, -0.15) is 13.2 Å². The first-order valence-electron chi connectivity index (χ1n) is 11.9. The Morgan fingerprint density at radius 1 is 0.935 bits per heavy atom. The number of halogens is 3. The minimum atomic E-state index is -5.17. The molecule has 0 aromatic heterocycles. The van der Waals surface area contributed by atoms with Gasteiger partial charge in [-0.15, -0.1) is 0 Å². The molecule has 0 aromatic rings. The monoisotopic (exact) mass is 463 g/mol. The molecule has 4 nitrogen and oxygen atoms in total. The van der Waals surface area contributed by atoms with Crippen LogP contribution < -0.4 is 5.32 Å². The minimum Gasteiger partial charge on any atom is -0.352 e. The van der Waals surface area contributed by atoms with Gasteiger partial charge in [-0.1, -0.05) is 13.8 Å². The molecule has 1 amide bonds. The molecule has 5 fully saturated rings. The number of sulfone groups is 1. The molecule has 5 rings (SSSR count). The lowest BCUT2D eigenvalue weighted by Crippen LogP contribution is -2.58. The quantitative estimate of drug-likeness (QED) is 0.587. The van der Waals surface area contributed by atoms with Crippen LogP contribution in [-0.2, 0) is 14.6 Å². The van der Waals surface area contributed by atoms with Gasteiger partial charge in [0.05, 0.1) is 5.75 Å². The Kier molecular flexibility index (Phi) is 5.96. The molecule has 0 unspecified atom stereocenters. The molecule has 5 aliphatic carbocycles. The van der Waals surface area contributed by atoms with Crippen LogP contribution in [0.1, 0.15) is 84.5 Å². The van der Waals surface area contributed by atoms with E-state index in [1.54, 1.807) is 0 Å². The Hall–Kier alpha value is -0.790. The minimum absolute atomic E-state index is 0.00895. The predicted octanol–water partition coefficient (Wildman–Crippen LogP) is 5.23. The van der Waals surface area contributed by atoms with E-state index in [2.05, 4.69) is 5.32 Å². The first kappa shape index (κ1) is 23.4. The van der Waals surface area contributed by atoms with Crippen molar-refractivity contribution in [3.8, 4) is 0 Å². The Morgan fingerprint density at radius 3 is 1.94 bits per heavy atom. The zero-order chi connectivity index (χ0) is 22.7. The van der Waals surface area contributed by atoms with Crippen molar-refractivity contribution < 1.29 is 26.4 Å². The lowest BCUT2D eigenvalue weighted by Gasteiger charge is -2.55. The molecule has 178 valence electrons. The number of alkyl halides is 3. The summed E-state index contributed by atoms with van der Waals surface area (Å²) in [7, 11) is -5.05. The van der Waals surface area contributed by atoms with Gasteiger partial charge in [0.15, 0.2) is 0 Å². The summed E-state index contributed by atoms with van der Waals surface area (Å²) in [5.74, 6) is 2.29. The summed E-state index contributed by atoms with van der Waals surface area (Å²) in [6, 6.07) is 0.318. The maximum atomic E-state index is 13.3. The van der Waals surface area contributed by atoms with Crippen molar-refractivity contribution in [2.75, 3.05) is 5.75 Å². The predicted molar refractivity (Wildman–Crippen MR) is 113 cm³/mol. The zero-order valence-corrected chi connectivity index (χ0v) is 19.5. The summed E-state index contributed by atoms with van der Waals surface area (Å²) in [4.78, 5) is 13.3. The Balaban J connectivity index is 1.28. The lowest BCUT2D eigenvalue weighted by atomic mass is 9.54. The molecule has 0 aromatic carbocycles. The van der Waals surface area contributed by atoms with Crippen molar-refractivity contribution >= 4 is 15.7 Å². The average molecular weight is 464 g/mol. The van der Waals surface area contributed by atoms with E-state index in [4.69, 9.17) is 0 Å². The summed E-state index contributed by atoms with van der Waals surface area (Å²) >= 11 is 0. The van der Waals surface area contributed by atoms with Gasteiger partial charge in [-0.3, -0.25) is 4.79 Å². The fourth-order valence-electron chi connectivity index (χ4n) is 7.17. The summed E-state index contributed by atoms with van der Waals surface area (Å²) in [6.07, 6.45) is 9.75. The highest BCUT2D eigenvalue weighted by Gasteiger charge is 2.50. The standard InChI is InChI=1S/C23H36F3NO3S/c1-21(4-3-9-31(29,30)23(24,25)26)5-7-22(2,8-6-21)20(28)27-19-17-11-15-10-16(13-17)14-18(19)12-15/h15-19H,3-14H2,1-2H3,(H,27,28). The summed E-state index contributed by atoms with van der Waals surface area (Å²) in [5.41, 5.74) is -5.81. The van der Waals surface area contributed by atoms with Gasteiger partial charge in [0, 0.05) is 11.5 Å². The van der Waals surface area contributed by atoms with Gasteiger partial charge in [0.2, 0.25) is 15.7 Å². The van der Waals surface area contributed by atoms with E-state index < -0.39 is 26.5 Å². The van der Waals surface area contributed by atoms with Crippen molar-refractivity contribution in [2.24, 2.45) is 34.5 Å². The fraction of sp³-hybridized carbons (Fsp3) is 0.957. The van der Waals surface area contributed by atoms with E-state index >= 15 is 0 Å². The van der Waals surface area contributed by atoms with Crippen LogP contribution in [0.5, 0.6) is 0 Å². The number of carbonyl (C=O) groups excluding carboxylic acids is 1. The normalized spacial score (nSPS) is 42.5. The van der Waals surface area contributed by atoms with Gasteiger partial charge >= 0.3 is 5.51 Å². The summed E-state index contributed by atoms with van der Waals surface area (Å²) in [5, 5.41) is 3.44. The average Bonchev–Trinajstić information content (AvgIpc) is 2.65. The van der Waals surface area contributed by atoms with Crippen LogP contribution >= 0.6 is 0 Å². The van der Waals surface area contributed by atoms with E-state index in [1.165, 1.54) is 32.1 Å². The first-order chi connectivity index (χ1) is 14.3. The van der Waals surface area contributed by atoms with Crippen molar-refractivity contribution in [2.45, 2.75) is 96.0 Å². The molecule has 0 spiro atoms. The van der Waals surface area contributed by atoms with Crippen LogP contribution in [0.3, 0.4) is 0 Å². The molecule has 0 heterocycles. The number of rotatable bonds is 6. The zero-order valence-electron chi connectivity index (χ0n) is 18.6. The molecular formula is C23H36F3NO3S. The van der Waals surface area contributed by atoms with E-state index in [-0.39, 0.29) is 17.7 Å². The third-order valence-electron chi connectivity index (χ3n) is 9.18. The fourth-order valence-corrected chi connectivity index (χ4v) is 7.93. The highest BCUT2D eigenvalue weighted by molar-refractivity contribution is 7.92. The highest BCUT2D eigenvalue weighted by Crippen LogP contribution is 2.54. The highest BCUT2D eigenvalue weighted by atomic mass is 32.2. The first-order valence-corrected chi connectivity index (χ1v) is 13.6. The number of hydrogen-bond acceptors (Lipinski definition) is 3. The van der Waals surface area contributed by atoms with Gasteiger partial charge in [0.25, 0.3) is 0 Å². The maximum Gasteiger partial charge on any atom is 0.497 e. The SMILES string of the molecule is CC1(CCCS(=O)(=O)C(F)(F)F)CCC(C)(C(=O)NC2C3CC4CC(C3)CC2C4)CC1. The summed E-state index contributed by atoms with van der Waals surface area (Å²) in [6.45, 7) is 4.04. The molecule has 31 heavy (non-hydrogen) atoms. The van der Waals surface area contributed by atoms with Crippen molar-refractivity contribution in [1.29, 1.82) is 0 Å². The van der Waals surface area contributed by atoms with Gasteiger partial charge in [-0.05, 0) is 99.7 Å². The van der Waals surface area contributed by atoms with Crippen LogP contribution in [0.15, 0.2) is 0 Å². The van der Waals surface area contributed by atoms with E-state index in [0.717, 1.165) is 24.7 Å². The van der Waals surface area contributed by atoms with Gasteiger partial charge in [-0.25, -0.2) is 8.42 Å². The van der Waals surface area contributed by atoms with Crippen LogP contribution in [0.2, 0.25) is 0 Å². The third-order valence-corrected chi connectivity index (χ3v) is 10.7. The van der Waals surface area contributed by atoms with Crippen LogP contribution in [0.4, 0.5) is 13.2 Å². The molecule has 0 saturated heterocycles. The van der Waals surface area contributed by atoms with Crippen molar-refractivity contribution in [3.05, 3.63) is 0 Å². The van der Waals surface area contributed by atoms with Crippen LogP contribution in [0, 0.1) is 34.5 Å². The number of amides is 1. The molecule has 0 aliphatic heterocycles. The van der Waals surface area contributed by atoms with E-state index in [1.807, 2.05) is 13.8 Å². The molecule has 0 radical (unpaired) electrons. The third kappa shape index (κ3) is 4.65. The second-order valence-electron chi connectivity index (χ2n) is 11.7. The molecule has 4 bridgehead atoms.